The number of ether oxygens (including phenoxy) is 2. The first-order valence-electron chi connectivity index (χ1n) is 7.45. The van der Waals surface area contributed by atoms with Crippen LogP contribution in [0, 0.1) is 0 Å². The van der Waals surface area contributed by atoms with Gasteiger partial charge >= 0.3 is 0 Å². The number of Topliss-reactive ketones (excluding diaryl/α,β-unsaturated/α-hetero) is 1. The highest BCUT2D eigenvalue weighted by Gasteiger charge is 2.44. The molecule has 1 aliphatic heterocycles. The molecule has 5 atom stereocenters. The average Bonchev–Trinajstić information content (AvgIpc) is 2.48. The minimum atomic E-state index is -1.49. The van der Waals surface area contributed by atoms with E-state index in [0.717, 1.165) is 25.7 Å². The maximum atomic E-state index is 11.6. The van der Waals surface area contributed by atoms with Gasteiger partial charge in [-0.25, -0.2) is 0 Å². The van der Waals surface area contributed by atoms with Crippen LogP contribution < -0.4 is 0 Å². The highest BCUT2D eigenvalue weighted by atomic mass is 16.7. The molecule has 7 nitrogen and oxygen atoms in total. The lowest BCUT2D eigenvalue weighted by molar-refractivity contribution is -0.299. The van der Waals surface area contributed by atoms with E-state index in [4.69, 9.17) is 14.6 Å². The monoisotopic (exact) mass is 306 g/mol. The van der Waals surface area contributed by atoms with Crippen LogP contribution >= 0.6 is 0 Å². The van der Waals surface area contributed by atoms with Gasteiger partial charge in [0.2, 0.25) is 0 Å². The molecule has 0 bridgehead atoms. The van der Waals surface area contributed by atoms with E-state index < -0.39 is 37.3 Å². The Morgan fingerprint density at radius 2 is 1.81 bits per heavy atom. The molecule has 0 radical (unpaired) electrons. The van der Waals surface area contributed by atoms with Crippen molar-refractivity contribution in [1.82, 2.24) is 0 Å². The molecule has 0 aromatic rings. The van der Waals surface area contributed by atoms with Crippen molar-refractivity contribution in [1.29, 1.82) is 0 Å². The summed E-state index contributed by atoms with van der Waals surface area (Å²) >= 11 is 0. The van der Waals surface area contributed by atoms with Crippen LogP contribution in [0.25, 0.3) is 0 Å². The van der Waals surface area contributed by atoms with Crippen LogP contribution in [0.5, 0.6) is 0 Å². The fourth-order valence-electron chi connectivity index (χ4n) is 2.20. The Morgan fingerprint density at radius 1 is 1.10 bits per heavy atom. The summed E-state index contributed by atoms with van der Waals surface area (Å²) < 4.78 is 10.3. The second-order valence-corrected chi connectivity index (χ2v) is 5.36. The van der Waals surface area contributed by atoms with E-state index in [9.17, 15) is 20.1 Å². The SMILES string of the molecule is CCCCCCC(=O)CO[C@H]1O[C@H](CO)[C@@H](O)[C@H](O)[C@H]1O. The minimum Gasteiger partial charge on any atom is -0.394 e. The standard InChI is InChI=1S/C14H26O7/c1-2-3-4-5-6-9(16)8-20-14-13(19)12(18)11(17)10(7-15)21-14/h10-15,17-19H,2-8H2,1H3/t10-,11-,12+,13-,14+/m1/s1. The van der Waals surface area contributed by atoms with Crippen LogP contribution in [0.4, 0.5) is 0 Å². The van der Waals surface area contributed by atoms with Crippen molar-refractivity contribution in [2.75, 3.05) is 13.2 Å². The predicted octanol–water partition coefficient (Wildman–Crippen LogP) is -0.658. The molecule has 1 aliphatic rings. The molecular formula is C14H26O7. The van der Waals surface area contributed by atoms with E-state index >= 15 is 0 Å². The van der Waals surface area contributed by atoms with E-state index in [-0.39, 0.29) is 12.4 Å². The lowest BCUT2D eigenvalue weighted by Crippen LogP contribution is -2.59. The molecule has 0 spiro atoms. The fraction of sp³-hybridized carbons (Fsp3) is 0.929. The lowest BCUT2D eigenvalue weighted by Gasteiger charge is -2.39. The van der Waals surface area contributed by atoms with Gasteiger partial charge in [0.1, 0.15) is 31.0 Å². The number of rotatable bonds is 9. The Morgan fingerprint density at radius 3 is 2.43 bits per heavy atom. The van der Waals surface area contributed by atoms with Crippen molar-refractivity contribution >= 4 is 5.78 Å². The second kappa shape index (κ2) is 9.45. The molecule has 0 saturated carbocycles. The quantitative estimate of drug-likeness (QED) is 0.418. The summed E-state index contributed by atoms with van der Waals surface area (Å²) in [5, 5.41) is 37.9. The summed E-state index contributed by atoms with van der Waals surface area (Å²) in [4.78, 5) is 11.6. The zero-order chi connectivity index (χ0) is 15.8. The molecule has 0 aromatic heterocycles. The summed E-state index contributed by atoms with van der Waals surface area (Å²) in [6.45, 7) is 1.34. The van der Waals surface area contributed by atoms with Gasteiger partial charge in [-0.3, -0.25) is 4.79 Å². The third-order valence-electron chi connectivity index (χ3n) is 3.57. The van der Waals surface area contributed by atoms with Gasteiger partial charge in [0.25, 0.3) is 0 Å². The van der Waals surface area contributed by atoms with Crippen molar-refractivity contribution in [3.05, 3.63) is 0 Å². The van der Waals surface area contributed by atoms with E-state index in [1.165, 1.54) is 0 Å². The van der Waals surface area contributed by atoms with E-state index in [0.29, 0.717) is 6.42 Å². The van der Waals surface area contributed by atoms with Gasteiger partial charge in [-0.05, 0) is 6.42 Å². The van der Waals surface area contributed by atoms with Crippen LogP contribution in [0.15, 0.2) is 0 Å². The molecule has 0 unspecified atom stereocenters. The Labute approximate surface area is 124 Å². The zero-order valence-corrected chi connectivity index (χ0v) is 12.4. The van der Waals surface area contributed by atoms with Gasteiger partial charge in [0.15, 0.2) is 12.1 Å². The highest BCUT2D eigenvalue weighted by molar-refractivity contribution is 5.79. The highest BCUT2D eigenvalue weighted by Crippen LogP contribution is 2.21. The number of hydrogen-bond donors (Lipinski definition) is 4. The molecule has 7 heteroatoms. The van der Waals surface area contributed by atoms with Gasteiger partial charge in [0.05, 0.1) is 6.61 Å². The molecule has 1 heterocycles. The van der Waals surface area contributed by atoms with Crippen LogP contribution in [0.3, 0.4) is 0 Å². The summed E-state index contributed by atoms with van der Waals surface area (Å²) in [7, 11) is 0. The van der Waals surface area contributed by atoms with E-state index in [1.54, 1.807) is 0 Å². The first kappa shape index (κ1) is 18.5. The van der Waals surface area contributed by atoms with Crippen LogP contribution in [0.1, 0.15) is 39.0 Å². The first-order chi connectivity index (χ1) is 10.0. The average molecular weight is 306 g/mol. The number of aliphatic hydroxyl groups excluding tert-OH is 4. The van der Waals surface area contributed by atoms with Crippen molar-refractivity contribution < 1.29 is 34.7 Å². The molecule has 0 amide bonds. The van der Waals surface area contributed by atoms with Gasteiger partial charge in [0, 0.05) is 6.42 Å². The van der Waals surface area contributed by atoms with E-state index in [1.807, 2.05) is 0 Å². The van der Waals surface area contributed by atoms with Gasteiger partial charge in [-0.1, -0.05) is 26.2 Å². The van der Waals surface area contributed by atoms with Crippen LogP contribution in [-0.2, 0) is 14.3 Å². The fourth-order valence-corrected chi connectivity index (χ4v) is 2.20. The third-order valence-corrected chi connectivity index (χ3v) is 3.57. The number of carbonyl (C=O) groups is 1. The molecule has 1 saturated heterocycles. The lowest BCUT2D eigenvalue weighted by atomic mass is 9.99. The van der Waals surface area contributed by atoms with Crippen molar-refractivity contribution in [3.8, 4) is 0 Å². The summed E-state index contributed by atoms with van der Waals surface area (Å²) in [5.41, 5.74) is 0. The number of unbranched alkanes of at least 4 members (excludes halogenated alkanes) is 3. The minimum absolute atomic E-state index is 0.108. The maximum Gasteiger partial charge on any atom is 0.187 e. The van der Waals surface area contributed by atoms with Crippen molar-refractivity contribution in [2.45, 2.75) is 69.7 Å². The number of aliphatic hydroxyl groups is 4. The topological polar surface area (TPSA) is 116 Å². The Hall–Kier alpha value is -0.570. The van der Waals surface area contributed by atoms with Crippen molar-refractivity contribution in [3.63, 3.8) is 0 Å². The Kier molecular flexibility index (Phi) is 8.31. The van der Waals surface area contributed by atoms with Gasteiger partial charge in [-0.2, -0.15) is 0 Å². The Balaban J connectivity index is 2.34. The second-order valence-electron chi connectivity index (χ2n) is 5.36. The number of hydrogen-bond acceptors (Lipinski definition) is 7. The summed E-state index contributed by atoms with van der Waals surface area (Å²) in [6.07, 6.45) is -2.26. The molecule has 0 aromatic carbocycles. The molecule has 21 heavy (non-hydrogen) atoms. The molecule has 4 N–H and O–H groups in total. The molecule has 1 fully saturated rings. The largest absolute Gasteiger partial charge is 0.394 e. The first-order valence-corrected chi connectivity index (χ1v) is 7.45. The summed E-state index contributed by atoms with van der Waals surface area (Å²) in [5.74, 6) is -0.108. The molecule has 1 rings (SSSR count). The van der Waals surface area contributed by atoms with Crippen molar-refractivity contribution in [2.24, 2.45) is 0 Å². The third kappa shape index (κ3) is 5.61. The van der Waals surface area contributed by atoms with E-state index in [2.05, 4.69) is 6.92 Å². The molecule has 124 valence electrons. The van der Waals surface area contributed by atoms with Crippen LogP contribution in [-0.4, -0.2) is 70.1 Å². The smallest absolute Gasteiger partial charge is 0.187 e. The molecule has 0 aliphatic carbocycles. The number of ketones is 1. The van der Waals surface area contributed by atoms with Gasteiger partial charge < -0.3 is 29.9 Å². The zero-order valence-electron chi connectivity index (χ0n) is 12.4. The Bertz CT molecular complexity index is 308. The predicted molar refractivity (Wildman–Crippen MR) is 73.5 cm³/mol. The number of carbonyl (C=O) groups excluding carboxylic acids is 1. The maximum absolute atomic E-state index is 11.6. The summed E-state index contributed by atoms with van der Waals surface area (Å²) in [6, 6.07) is 0. The van der Waals surface area contributed by atoms with Gasteiger partial charge in [-0.15, -0.1) is 0 Å². The van der Waals surface area contributed by atoms with Crippen LogP contribution in [0.2, 0.25) is 0 Å². The normalized spacial score (nSPS) is 33.1. The molecular weight excluding hydrogens is 280 g/mol.